The summed E-state index contributed by atoms with van der Waals surface area (Å²) in [6.45, 7) is -0.999. The average molecular weight is 333 g/mol. The SMILES string of the molecule is CO[C@H]1N=C(N)NC23C(O)[C@@H](OC(=O)[C@H]2O)[C@](O)(CO)[C@@H](O)[C@H]13. The summed E-state index contributed by atoms with van der Waals surface area (Å²) in [5, 5.41) is 54.1. The molecule has 11 nitrogen and oxygen atoms in total. The number of aliphatic hydroxyl groups excluding tert-OH is 4. The second-order valence-electron chi connectivity index (χ2n) is 6.02. The fourth-order valence-corrected chi connectivity index (χ4v) is 3.83. The van der Waals surface area contributed by atoms with E-state index in [1.54, 1.807) is 0 Å². The number of ether oxygens (including phenoxy) is 2. The molecule has 0 amide bonds. The number of nitrogens with two attached hydrogens (primary N) is 1. The van der Waals surface area contributed by atoms with Crippen molar-refractivity contribution in [3.63, 3.8) is 0 Å². The number of fused-ring (bicyclic) bond motifs is 1. The highest BCUT2D eigenvalue weighted by molar-refractivity contribution is 5.85. The summed E-state index contributed by atoms with van der Waals surface area (Å²) in [6, 6.07) is 0. The number of carbonyl (C=O) groups excluding carboxylic acids is 1. The lowest BCUT2D eigenvalue weighted by molar-refractivity contribution is -0.310. The highest BCUT2D eigenvalue weighted by Crippen LogP contribution is 2.49. The first-order valence-corrected chi connectivity index (χ1v) is 6.96. The maximum Gasteiger partial charge on any atom is 0.338 e. The number of aliphatic hydroxyl groups is 5. The molecule has 0 aromatic carbocycles. The molecule has 0 radical (unpaired) electrons. The molecular formula is C12H19N3O8. The third-order valence-electron chi connectivity index (χ3n) is 5.00. The van der Waals surface area contributed by atoms with Crippen LogP contribution in [-0.4, -0.2) is 93.0 Å². The predicted octanol–water partition coefficient (Wildman–Crippen LogP) is -5.02. The van der Waals surface area contributed by atoms with Crippen molar-refractivity contribution in [1.29, 1.82) is 0 Å². The van der Waals surface area contributed by atoms with E-state index in [1.807, 2.05) is 0 Å². The molecule has 3 aliphatic rings. The van der Waals surface area contributed by atoms with Gasteiger partial charge in [0.05, 0.1) is 18.6 Å². The molecule has 11 heteroatoms. The van der Waals surface area contributed by atoms with Crippen molar-refractivity contribution in [2.24, 2.45) is 16.6 Å². The number of guanidine groups is 1. The zero-order chi connectivity index (χ0) is 17.2. The van der Waals surface area contributed by atoms with Gasteiger partial charge < -0.3 is 46.1 Å². The summed E-state index contributed by atoms with van der Waals surface area (Å²) in [5.41, 5.74) is 1.41. The molecule has 1 saturated carbocycles. The van der Waals surface area contributed by atoms with Gasteiger partial charge in [-0.25, -0.2) is 9.79 Å². The molecule has 23 heavy (non-hydrogen) atoms. The summed E-state index contributed by atoms with van der Waals surface area (Å²) in [7, 11) is 1.25. The van der Waals surface area contributed by atoms with E-state index in [0.717, 1.165) is 0 Å². The molecule has 1 spiro atoms. The topological polar surface area (TPSA) is 187 Å². The molecule has 8 N–H and O–H groups in total. The molecule has 0 aromatic rings. The molecule has 130 valence electrons. The van der Waals surface area contributed by atoms with Crippen LogP contribution >= 0.6 is 0 Å². The number of nitrogens with one attached hydrogen (secondary N) is 1. The van der Waals surface area contributed by atoms with Crippen molar-refractivity contribution >= 4 is 11.9 Å². The molecule has 2 unspecified atom stereocenters. The highest BCUT2D eigenvalue weighted by Gasteiger charge is 2.75. The van der Waals surface area contributed by atoms with Crippen LogP contribution in [0.3, 0.4) is 0 Å². The molecule has 8 atom stereocenters. The van der Waals surface area contributed by atoms with Gasteiger partial charge in [0, 0.05) is 7.11 Å². The first-order valence-electron chi connectivity index (χ1n) is 6.96. The van der Waals surface area contributed by atoms with E-state index in [1.165, 1.54) is 7.11 Å². The van der Waals surface area contributed by atoms with E-state index < -0.39 is 60.3 Å². The molecular weight excluding hydrogens is 314 g/mol. The monoisotopic (exact) mass is 333 g/mol. The normalized spacial score (nSPS) is 52.1. The Labute approximate surface area is 130 Å². The van der Waals surface area contributed by atoms with Crippen molar-refractivity contribution < 1.29 is 39.8 Å². The zero-order valence-electron chi connectivity index (χ0n) is 12.2. The van der Waals surface area contributed by atoms with Crippen molar-refractivity contribution in [3.8, 4) is 0 Å². The van der Waals surface area contributed by atoms with Crippen molar-refractivity contribution in [2.45, 2.75) is 41.8 Å². The molecule has 0 aromatic heterocycles. The van der Waals surface area contributed by atoms with Crippen molar-refractivity contribution in [2.75, 3.05) is 13.7 Å². The maximum absolute atomic E-state index is 12.0. The fraction of sp³-hybridized carbons (Fsp3) is 0.833. The largest absolute Gasteiger partial charge is 0.454 e. The third-order valence-corrected chi connectivity index (χ3v) is 5.00. The van der Waals surface area contributed by atoms with Crippen LogP contribution in [0.25, 0.3) is 0 Å². The molecule has 2 aliphatic heterocycles. The number of rotatable bonds is 2. The molecule has 1 saturated heterocycles. The second-order valence-corrected chi connectivity index (χ2v) is 6.02. The van der Waals surface area contributed by atoms with Crippen LogP contribution in [0, 0.1) is 5.92 Å². The lowest BCUT2D eigenvalue weighted by Gasteiger charge is -2.62. The smallest absolute Gasteiger partial charge is 0.338 e. The van der Waals surface area contributed by atoms with E-state index in [9.17, 15) is 30.3 Å². The van der Waals surface area contributed by atoms with E-state index in [4.69, 9.17) is 15.2 Å². The van der Waals surface area contributed by atoms with Crippen LogP contribution in [-0.2, 0) is 14.3 Å². The lowest BCUT2D eigenvalue weighted by Crippen LogP contribution is -2.88. The Morgan fingerprint density at radius 3 is 2.61 bits per heavy atom. The minimum absolute atomic E-state index is 0.221. The number of esters is 1. The van der Waals surface area contributed by atoms with Gasteiger partial charge in [0.2, 0.25) is 0 Å². The van der Waals surface area contributed by atoms with Gasteiger partial charge in [-0.3, -0.25) is 0 Å². The number of carbonyl (C=O) groups is 1. The number of hydrogen-bond donors (Lipinski definition) is 7. The van der Waals surface area contributed by atoms with Crippen molar-refractivity contribution in [1.82, 2.24) is 5.32 Å². The van der Waals surface area contributed by atoms with Gasteiger partial charge in [-0.2, -0.15) is 0 Å². The fourth-order valence-electron chi connectivity index (χ4n) is 3.83. The van der Waals surface area contributed by atoms with Gasteiger partial charge in [0.15, 0.2) is 30.0 Å². The Kier molecular flexibility index (Phi) is 3.55. The van der Waals surface area contributed by atoms with Gasteiger partial charge in [0.25, 0.3) is 0 Å². The van der Waals surface area contributed by atoms with Gasteiger partial charge in [-0.05, 0) is 0 Å². The van der Waals surface area contributed by atoms with E-state index >= 15 is 0 Å². The van der Waals surface area contributed by atoms with Crippen LogP contribution in [0.5, 0.6) is 0 Å². The number of nitrogens with zero attached hydrogens (tertiary/aromatic N) is 1. The van der Waals surface area contributed by atoms with Gasteiger partial charge in [0.1, 0.15) is 11.6 Å². The number of methoxy groups -OCH3 is 1. The van der Waals surface area contributed by atoms with Crippen LogP contribution in [0.2, 0.25) is 0 Å². The minimum Gasteiger partial charge on any atom is -0.454 e. The maximum atomic E-state index is 12.0. The Hall–Kier alpha value is -1.50. The van der Waals surface area contributed by atoms with Gasteiger partial charge in [-0.15, -0.1) is 0 Å². The Morgan fingerprint density at radius 1 is 1.39 bits per heavy atom. The summed E-state index contributed by atoms with van der Waals surface area (Å²) >= 11 is 0. The molecule has 2 heterocycles. The van der Waals surface area contributed by atoms with E-state index in [0.29, 0.717) is 0 Å². The first-order chi connectivity index (χ1) is 10.7. The standard InChI is InChI=1S/C12H19N3O8/c1-22-8-3-4(17)11(21,2-16)7-5(18)12(3,15-10(13)14-8)6(19)9(20)23-7/h3-8,16-19,21H,2H2,1H3,(H3,13,14,15)/t3-,4+,5?,6-,7-,8-,11+,12?/m1/s1. The summed E-state index contributed by atoms with van der Waals surface area (Å²) in [4.78, 5) is 15.9. The lowest BCUT2D eigenvalue weighted by atomic mass is 9.57. The number of hydrogen-bond acceptors (Lipinski definition) is 11. The highest BCUT2D eigenvalue weighted by atomic mass is 16.6. The van der Waals surface area contributed by atoms with Crippen LogP contribution in [0.15, 0.2) is 4.99 Å². The molecule has 2 fully saturated rings. The molecule has 3 rings (SSSR count). The summed E-state index contributed by atoms with van der Waals surface area (Å²) in [5.74, 6) is -2.64. The third kappa shape index (κ3) is 1.80. The van der Waals surface area contributed by atoms with Crippen molar-refractivity contribution in [3.05, 3.63) is 0 Å². The summed E-state index contributed by atoms with van der Waals surface area (Å²) < 4.78 is 9.96. The van der Waals surface area contributed by atoms with Gasteiger partial charge >= 0.3 is 5.97 Å². The predicted molar refractivity (Wildman–Crippen MR) is 71.7 cm³/mol. The zero-order valence-corrected chi connectivity index (χ0v) is 12.2. The van der Waals surface area contributed by atoms with E-state index in [2.05, 4.69) is 10.3 Å². The van der Waals surface area contributed by atoms with Gasteiger partial charge in [-0.1, -0.05) is 0 Å². The molecule has 2 bridgehead atoms. The summed E-state index contributed by atoms with van der Waals surface area (Å²) in [6.07, 6.45) is -8.18. The Morgan fingerprint density at radius 2 is 2.04 bits per heavy atom. The molecule has 1 aliphatic carbocycles. The number of aliphatic imine (C=N–C) groups is 1. The van der Waals surface area contributed by atoms with E-state index in [-0.39, 0.29) is 5.96 Å². The van der Waals surface area contributed by atoms with Crippen LogP contribution in [0.4, 0.5) is 0 Å². The second kappa shape index (κ2) is 5.00. The van der Waals surface area contributed by atoms with Crippen LogP contribution < -0.4 is 11.1 Å². The van der Waals surface area contributed by atoms with Crippen LogP contribution in [0.1, 0.15) is 0 Å². The minimum atomic E-state index is -2.36. The Balaban J connectivity index is 2.23. The average Bonchev–Trinajstić information content (AvgIpc) is 2.53. The Bertz CT molecular complexity index is 558. The first kappa shape index (κ1) is 16.4. The quantitative estimate of drug-likeness (QED) is 0.241.